The normalized spacial score (nSPS) is 13.9. The largest absolute Gasteiger partial charge is 0.310 e. The molecule has 21 heavy (non-hydrogen) atoms. The molecule has 1 nitrogen and oxygen atoms in total. The topological polar surface area (TPSA) is 12.0 Å². The lowest BCUT2D eigenvalue weighted by atomic mass is 9.83. The van der Waals surface area contributed by atoms with Gasteiger partial charge >= 0.3 is 0 Å². The molecule has 0 heterocycles. The molecule has 0 saturated carbocycles. The zero-order valence-corrected chi connectivity index (χ0v) is 13.7. The highest BCUT2D eigenvalue weighted by Crippen LogP contribution is 2.35. The first kappa shape index (κ1) is 15.8. The molecule has 0 fully saturated rings. The maximum atomic E-state index is 3.71. The minimum atomic E-state index is 0.378. The van der Waals surface area contributed by atoms with Crippen molar-refractivity contribution in [2.75, 3.05) is 6.54 Å². The number of hydrogen-bond acceptors (Lipinski definition) is 1. The summed E-state index contributed by atoms with van der Waals surface area (Å²) in [6.45, 7) is 9.85. The lowest BCUT2D eigenvalue weighted by Crippen LogP contribution is -2.27. The van der Waals surface area contributed by atoms with Gasteiger partial charge < -0.3 is 5.32 Å². The number of likely N-dealkylation sites (N-methyl/N-ethyl adjacent to an activating group) is 1. The molecular weight excluding hydrogens is 254 g/mol. The van der Waals surface area contributed by atoms with E-state index in [-0.39, 0.29) is 0 Å². The van der Waals surface area contributed by atoms with Crippen molar-refractivity contribution >= 4 is 0 Å². The van der Waals surface area contributed by atoms with Crippen molar-refractivity contribution in [2.24, 2.45) is 0 Å². The molecule has 0 radical (unpaired) electrons. The fraction of sp³-hybridized carbons (Fsp3) is 0.400. The van der Waals surface area contributed by atoms with Crippen molar-refractivity contribution < 1.29 is 0 Å². The molecular formula is C20H27N. The number of rotatable bonds is 6. The quantitative estimate of drug-likeness (QED) is 0.772. The fourth-order valence-electron chi connectivity index (χ4n) is 3.23. The van der Waals surface area contributed by atoms with Crippen molar-refractivity contribution in [3.8, 4) is 0 Å². The molecule has 1 heteroatoms. The smallest absolute Gasteiger partial charge is 0.0392 e. The summed E-state index contributed by atoms with van der Waals surface area (Å²) in [5, 5.41) is 3.71. The van der Waals surface area contributed by atoms with E-state index in [1.807, 2.05) is 0 Å². The summed E-state index contributed by atoms with van der Waals surface area (Å²) in [5.41, 5.74) is 5.57. The van der Waals surface area contributed by atoms with Crippen LogP contribution in [-0.4, -0.2) is 6.54 Å². The Morgan fingerprint density at radius 2 is 1.67 bits per heavy atom. The van der Waals surface area contributed by atoms with Gasteiger partial charge in [0.1, 0.15) is 0 Å². The predicted molar refractivity (Wildman–Crippen MR) is 91.8 cm³/mol. The minimum absolute atomic E-state index is 0.378. The molecule has 2 aromatic carbocycles. The van der Waals surface area contributed by atoms with Crippen LogP contribution in [0.15, 0.2) is 48.5 Å². The van der Waals surface area contributed by atoms with Crippen molar-refractivity contribution in [2.45, 2.75) is 46.1 Å². The molecule has 0 bridgehead atoms. The summed E-state index contributed by atoms with van der Waals surface area (Å²) in [6.07, 6.45) is 1.13. The second-order valence-electron chi connectivity index (χ2n) is 5.82. The van der Waals surface area contributed by atoms with Crippen molar-refractivity contribution in [3.63, 3.8) is 0 Å². The molecule has 2 unspecified atom stereocenters. The summed E-state index contributed by atoms with van der Waals surface area (Å²) in [6, 6.07) is 18.1. The molecule has 2 atom stereocenters. The van der Waals surface area contributed by atoms with Crippen LogP contribution >= 0.6 is 0 Å². The van der Waals surface area contributed by atoms with E-state index in [1.54, 1.807) is 0 Å². The van der Waals surface area contributed by atoms with E-state index in [1.165, 1.54) is 22.3 Å². The highest BCUT2D eigenvalue weighted by Gasteiger charge is 2.23. The zero-order chi connectivity index (χ0) is 15.2. The van der Waals surface area contributed by atoms with Crippen LogP contribution in [0.3, 0.4) is 0 Å². The third-order valence-electron chi connectivity index (χ3n) is 4.25. The molecule has 0 aliphatic heterocycles. The highest BCUT2D eigenvalue weighted by molar-refractivity contribution is 5.36. The predicted octanol–water partition coefficient (Wildman–Crippen LogP) is 5.15. The van der Waals surface area contributed by atoms with Gasteiger partial charge in [0.2, 0.25) is 0 Å². The lowest BCUT2D eigenvalue weighted by Gasteiger charge is -2.29. The van der Waals surface area contributed by atoms with E-state index >= 15 is 0 Å². The van der Waals surface area contributed by atoms with Crippen LogP contribution in [0.2, 0.25) is 0 Å². The molecule has 0 aliphatic rings. The van der Waals surface area contributed by atoms with E-state index in [2.05, 4.69) is 81.5 Å². The van der Waals surface area contributed by atoms with Crippen molar-refractivity contribution in [1.29, 1.82) is 0 Å². The van der Waals surface area contributed by atoms with Gasteiger partial charge in [-0.1, -0.05) is 67.9 Å². The minimum Gasteiger partial charge on any atom is -0.310 e. The van der Waals surface area contributed by atoms with Crippen LogP contribution in [-0.2, 0) is 0 Å². The van der Waals surface area contributed by atoms with Gasteiger partial charge in [-0.25, -0.2) is 0 Å². The standard InChI is InChI=1S/C20H27N/c1-5-18(17-10-8-7-9-11-17)20(21-6-2)19-13-12-15(3)14-16(19)4/h7-14,18,20-21H,5-6H2,1-4H3. The first-order valence-electron chi connectivity index (χ1n) is 8.02. The Kier molecular flexibility index (Phi) is 5.58. The van der Waals surface area contributed by atoms with Crippen LogP contribution in [0.4, 0.5) is 0 Å². The summed E-state index contributed by atoms with van der Waals surface area (Å²) < 4.78 is 0. The van der Waals surface area contributed by atoms with Gasteiger partial charge in [0, 0.05) is 12.0 Å². The van der Waals surface area contributed by atoms with Crippen molar-refractivity contribution in [3.05, 3.63) is 70.8 Å². The Balaban J connectivity index is 2.41. The van der Waals surface area contributed by atoms with Gasteiger partial charge in [0.05, 0.1) is 0 Å². The van der Waals surface area contributed by atoms with Crippen LogP contribution in [0.1, 0.15) is 54.5 Å². The zero-order valence-electron chi connectivity index (χ0n) is 13.7. The first-order chi connectivity index (χ1) is 10.2. The van der Waals surface area contributed by atoms with E-state index in [0.717, 1.165) is 13.0 Å². The molecule has 0 spiro atoms. The van der Waals surface area contributed by atoms with Crippen LogP contribution in [0, 0.1) is 13.8 Å². The average Bonchev–Trinajstić information content (AvgIpc) is 2.48. The summed E-state index contributed by atoms with van der Waals surface area (Å²) in [7, 11) is 0. The van der Waals surface area contributed by atoms with Gasteiger partial charge in [0.15, 0.2) is 0 Å². The first-order valence-corrected chi connectivity index (χ1v) is 8.02. The molecule has 1 N–H and O–H groups in total. The maximum Gasteiger partial charge on any atom is 0.0392 e. The Hall–Kier alpha value is -1.60. The summed E-state index contributed by atoms with van der Waals surface area (Å²) in [5.74, 6) is 0.507. The fourth-order valence-corrected chi connectivity index (χ4v) is 3.23. The average molecular weight is 281 g/mol. The third-order valence-corrected chi connectivity index (χ3v) is 4.25. The van der Waals surface area contributed by atoms with Gasteiger partial charge in [-0.2, -0.15) is 0 Å². The van der Waals surface area contributed by atoms with Crippen molar-refractivity contribution in [1.82, 2.24) is 5.32 Å². The molecule has 0 aromatic heterocycles. The maximum absolute atomic E-state index is 3.71. The van der Waals surface area contributed by atoms with E-state index in [0.29, 0.717) is 12.0 Å². The van der Waals surface area contributed by atoms with Gasteiger partial charge in [0.25, 0.3) is 0 Å². The summed E-state index contributed by atoms with van der Waals surface area (Å²) >= 11 is 0. The number of nitrogens with one attached hydrogen (secondary N) is 1. The molecule has 112 valence electrons. The van der Waals surface area contributed by atoms with Gasteiger partial charge in [-0.05, 0) is 43.5 Å². The highest BCUT2D eigenvalue weighted by atomic mass is 14.9. The van der Waals surface area contributed by atoms with Gasteiger partial charge in [-0.3, -0.25) is 0 Å². The second kappa shape index (κ2) is 7.42. The third kappa shape index (κ3) is 3.74. The second-order valence-corrected chi connectivity index (χ2v) is 5.82. The van der Waals surface area contributed by atoms with Crippen LogP contribution in [0.5, 0.6) is 0 Å². The SMILES string of the molecule is CCNC(c1ccc(C)cc1C)C(CC)c1ccccc1. The molecule has 0 saturated heterocycles. The molecule has 0 amide bonds. The van der Waals surface area contributed by atoms with E-state index in [4.69, 9.17) is 0 Å². The Bertz CT molecular complexity index is 559. The molecule has 2 rings (SSSR count). The Labute approximate surface area is 129 Å². The summed E-state index contributed by atoms with van der Waals surface area (Å²) in [4.78, 5) is 0. The van der Waals surface area contributed by atoms with Gasteiger partial charge in [-0.15, -0.1) is 0 Å². The lowest BCUT2D eigenvalue weighted by molar-refractivity contribution is 0.444. The Morgan fingerprint density at radius 1 is 0.952 bits per heavy atom. The number of aryl methyl sites for hydroxylation is 2. The van der Waals surface area contributed by atoms with Crippen LogP contribution in [0.25, 0.3) is 0 Å². The monoisotopic (exact) mass is 281 g/mol. The van der Waals surface area contributed by atoms with Crippen LogP contribution < -0.4 is 5.32 Å². The Morgan fingerprint density at radius 3 is 2.24 bits per heavy atom. The van der Waals surface area contributed by atoms with E-state index in [9.17, 15) is 0 Å². The van der Waals surface area contributed by atoms with E-state index < -0.39 is 0 Å². The number of hydrogen-bond donors (Lipinski definition) is 1. The molecule has 2 aromatic rings. The molecule has 0 aliphatic carbocycles. The number of benzene rings is 2.